The molecule has 1 amide bonds. The van der Waals surface area contributed by atoms with Crippen molar-refractivity contribution < 1.29 is 14.7 Å². The average molecular weight is 399 g/mol. The molecule has 2 aromatic rings. The van der Waals surface area contributed by atoms with Gasteiger partial charge in [-0.2, -0.15) is 0 Å². The first-order chi connectivity index (χ1) is 13.4. The van der Waals surface area contributed by atoms with Crippen LogP contribution in [-0.2, 0) is 35.3 Å². The van der Waals surface area contributed by atoms with E-state index in [-0.39, 0.29) is 18.4 Å². The SMILES string of the molecule is CCc1nc2c(s1)C(N(C)C(=O)CC1(C(=O)O)Cc3ccccc3C1)CCC2. The predicted molar refractivity (Wildman–Crippen MR) is 108 cm³/mol. The highest BCUT2D eigenvalue weighted by atomic mass is 32.1. The molecule has 0 aliphatic heterocycles. The van der Waals surface area contributed by atoms with Crippen molar-refractivity contribution in [2.45, 2.75) is 57.9 Å². The van der Waals surface area contributed by atoms with Crippen LogP contribution in [-0.4, -0.2) is 33.9 Å². The summed E-state index contributed by atoms with van der Waals surface area (Å²) in [7, 11) is 1.82. The molecule has 1 heterocycles. The summed E-state index contributed by atoms with van der Waals surface area (Å²) >= 11 is 1.71. The molecular formula is C22H26N2O3S. The molecule has 28 heavy (non-hydrogen) atoms. The lowest BCUT2D eigenvalue weighted by Crippen LogP contribution is -2.40. The fourth-order valence-corrected chi connectivity index (χ4v) is 5.83. The maximum atomic E-state index is 13.2. The summed E-state index contributed by atoms with van der Waals surface area (Å²) in [6.45, 7) is 2.10. The minimum absolute atomic E-state index is 0.0173. The van der Waals surface area contributed by atoms with Crippen molar-refractivity contribution in [2.24, 2.45) is 5.41 Å². The Kier molecular flexibility index (Phi) is 5.00. The van der Waals surface area contributed by atoms with Crippen LogP contribution in [0.1, 0.15) is 58.9 Å². The zero-order chi connectivity index (χ0) is 19.9. The number of carbonyl (C=O) groups excluding carboxylic acids is 1. The van der Waals surface area contributed by atoms with Crippen molar-refractivity contribution in [3.63, 3.8) is 0 Å². The van der Waals surface area contributed by atoms with Gasteiger partial charge in [-0.1, -0.05) is 31.2 Å². The molecule has 1 aromatic carbocycles. The van der Waals surface area contributed by atoms with E-state index in [9.17, 15) is 14.7 Å². The van der Waals surface area contributed by atoms with Crippen LogP contribution in [0, 0.1) is 5.41 Å². The van der Waals surface area contributed by atoms with Crippen LogP contribution >= 0.6 is 11.3 Å². The van der Waals surface area contributed by atoms with Gasteiger partial charge in [0.2, 0.25) is 5.91 Å². The monoisotopic (exact) mass is 398 g/mol. The molecule has 0 bridgehead atoms. The number of hydrogen-bond acceptors (Lipinski definition) is 4. The average Bonchev–Trinajstić information content (AvgIpc) is 3.28. The van der Waals surface area contributed by atoms with E-state index in [1.54, 1.807) is 16.2 Å². The third-order valence-electron chi connectivity index (χ3n) is 6.25. The quantitative estimate of drug-likeness (QED) is 0.832. The molecule has 0 fully saturated rings. The van der Waals surface area contributed by atoms with Gasteiger partial charge in [-0.25, -0.2) is 4.98 Å². The summed E-state index contributed by atoms with van der Waals surface area (Å²) in [6, 6.07) is 7.84. The minimum atomic E-state index is -1.03. The topological polar surface area (TPSA) is 70.5 Å². The van der Waals surface area contributed by atoms with Crippen molar-refractivity contribution in [1.82, 2.24) is 9.88 Å². The molecule has 1 unspecified atom stereocenters. The summed E-state index contributed by atoms with van der Waals surface area (Å²) in [6.07, 6.45) is 4.70. The molecule has 0 spiro atoms. The number of aliphatic carboxylic acids is 1. The van der Waals surface area contributed by atoms with Gasteiger partial charge in [0.05, 0.1) is 27.0 Å². The standard InChI is InChI=1S/C22H26N2O3S/c1-3-18-23-16-9-6-10-17(20(16)28-18)24(2)19(25)13-22(21(26)27)11-14-7-4-5-8-15(14)12-22/h4-5,7-8,17H,3,6,9-13H2,1-2H3,(H,26,27). The lowest BCUT2D eigenvalue weighted by atomic mass is 9.80. The normalized spacial score (nSPS) is 19.7. The van der Waals surface area contributed by atoms with Crippen LogP contribution in [0.15, 0.2) is 24.3 Å². The molecule has 5 nitrogen and oxygen atoms in total. The van der Waals surface area contributed by atoms with E-state index in [4.69, 9.17) is 4.98 Å². The summed E-state index contributed by atoms with van der Waals surface area (Å²) in [5, 5.41) is 11.1. The molecule has 148 valence electrons. The molecule has 2 aliphatic carbocycles. The van der Waals surface area contributed by atoms with Crippen LogP contribution < -0.4 is 0 Å². The summed E-state index contributed by atoms with van der Waals surface area (Å²) in [5.41, 5.74) is 2.19. The number of hydrogen-bond donors (Lipinski definition) is 1. The molecule has 6 heteroatoms. The Bertz CT molecular complexity index is 895. The number of carboxylic acids is 1. The number of carboxylic acid groups (broad SMARTS) is 1. The maximum Gasteiger partial charge on any atom is 0.310 e. The maximum absolute atomic E-state index is 13.2. The van der Waals surface area contributed by atoms with E-state index in [0.717, 1.165) is 47.5 Å². The Balaban J connectivity index is 1.55. The van der Waals surface area contributed by atoms with Gasteiger partial charge in [0, 0.05) is 13.5 Å². The summed E-state index contributed by atoms with van der Waals surface area (Å²) < 4.78 is 0. The third kappa shape index (κ3) is 3.24. The Labute approximate surface area is 169 Å². The van der Waals surface area contributed by atoms with Gasteiger partial charge in [-0.3, -0.25) is 9.59 Å². The van der Waals surface area contributed by atoms with Crippen molar-refractivity contribution >= 4 is 23.2 Å². The van der Waals surface area contributed by atoms with Crippen molar-refractivity contribution in [3.8, 4) is 0 Å². The molecular weight excluding hydrogens is 372 g/mol. The molecule has 0 saturated carbocycles. The van der Waals surface area contributed by atoms with E-state index in [2.05, 4.69) is 6.92 Å². The van der Waals surface area contributed by atoms with Gasteiger partial charge >= 0.3 is 5.97 Å². The van der Waals surface area contributed by atoms with Crippen LogP contribution in [0.4, 0.5) is 0 Å². The molecule has 1 N–H and O–H groups in total. The number of aryl methyl sites for hydroxylation is 2. The zero-order valence-electron chi connectivity index (χ0n) is 16.4. The van der Waals surface area contributed by atoms with E-state index >= 15 is 0 Å². The third-order valence-corrected chi connectivity index (χ3v) is 7.59. The molecule has 1 atom stereocenters. The molecule has 4 rings (SSSR count). The Hall–Kier alpha value is -2.21. The second kappa shape index (κ2) is 7.32. The number of thiazole rings is 1. The van der Waals surface area contributed by atoms with E-state index in [1.165, 1.54) is 4.88 Å². The molecule has 0 saturated heterocycles. The Morgan fingerprint density at radius 3 is 2.57 bits per heavy atom. The van der Waals surface area contributed by atoms with Crippen LogP contribution in [0.25, 0.3) is 0 Å². The number of rotatable bonds is 5. The highest BCUT2D eigenvalue weighted by Crippen LogP contribution is 2.42. The second-order valence-corrected chi connectivity index (χ2v) is 9.18. The minimum Gasteiger partial charge on any atom is -0.481 e. The van der Waals surface area contributed by atoms with Gasteiger partial charge in [0.15, 0.2) is 0 Å². The first-order valence-electron chi connectivity index (χ1n) is 9.98. The lowest BCUT2D eigenvalue weighted by molar-refractivity contribution is -0.153. The highest BCUT2D eigenvalue weighted by Gasteiger charge is 2.46. The predicted octanol–water partition coefficient (Wildman–Crippen LogP) is 3.80. The number of fused-ring (bicyclic) bond motifs is 2. The fraction of sp³-hybridized carbons (Fsp3) is 0.500. The molecule has 0 radical (unpaired) electrons. The van der Waals surface area contributed by atoms with Gasteiger partial charge in [-0.15, -0.1) is 11.3 Å². The summed E-state index contributed by atoms with van der Waals surface area (Å²) in [5.74, 6) is -0.958. The number of benzene rings is 1. The fourth-order valence-electron chi connectivity index (χ4n) is 4.60. The smallest absolute Gasteiger partial charge is 0.310 e. The number of aromatic nitrogens is 1. The largest absolute Gasteiger partial charge is 0.481 e. The number of amides is 1. The lowest BCUT2D eigenvalue weighted by Gasteiger charge is -2.33. The number of carbonyl (C=O) groups is 2. The van der Waals surface area contributed by atoms with Crippen molar-refractivity contribution in [2.75, 3.05) is 7.05 Å². The van der Waals surface area contributed by atoms with Crippen LogP contribution in [0.2, 0.25) is 0 Å². The summed E-state index contributed by atoms with van der Waals surface area (Å²) in [4.78, 5) is 33.1. The van der Waals surface area contributed by atoms with Gasteiger partial charge in [0.1, 0.15) is 0 Å². The highest BCUT2D eigenvalue weighted by molar-refractivity contribution is 7.11. The van der Waals surface area contributed by atoms with Gasteiger partial charge in [-0.05, 0) is 49.7 Å². The van der Waals surface area contributed by atoms with E-state index < -0.39 is 11.4 Å². The molecule has 1 aromatic heterocycles. The Morgan fingerprint density at radius 1 is 1.29 bits per heavy atom. The second-order valence-electron chi connectivity index (χ2n) is 8.07. The van der Waals surface area contributed by atoms with E-state index in [1.807, 2.05) is 31.3 Å². The zero-order valence-corrected chi connectivity index (χ0v) is 17.2. The Morgan fingerprint density at radius 2 is 1.96 bits per heavy atom. The van der Waals surface area contributed by atoms with Crippen molar-refractivity contribution in [3.05, 3.63) is 51.0 Å². The van der Waals surface area contributed by atoms with E-state index in [0.29, 0.717) is 12.8 Å². The van der Waals surface area contributed by atoms with Gasteiger partial charge < -0.3 is 10.0 Å². The first kappa shape index (κ1) is 19.1. The number of nitrogens with zero attached hydrogens (tertiary/aromatic N) is 2. The van der Waals surface area contributed by atoms with Crippen LogP contribution in [0.5, 0.6) is 0 Å². The first-order valence-corrected chi connectivity index (χ1v) is 10.8. The van der Waals surface area contributed by atoms with Gasteiger partial charge in [0.25, 0.3) is 0 Å². The van der Waals surface area contributed by atoms with Crippen LogP contribution in [0.3, 0.4) is 0 Å². The molecule has 2 aliphatic rings. The van der Waals surface area contributed by atoms with Crippen molar-refractivity contribution in [1.29, 1.82) is 0 Å².